The first-order valence-electron chi connectivity index (χ1n) is 23.2. The molecule has 0 aliphatic carbocycles. The van der Waals surface area contributed by atoms with E-state index in [1.807, 2.05) is 0 Å². The Labute approximate surface area is 394 Å². The van der Waals surface area contributed by atoms with Crippen molar-refractivity contribution in [1.82, 2.24) is 14.5 Å². The van der Waals surface area contributed by atoms with Gasteiger partial charge in [0.2, 0.25) is 0 Å². The van der Waals surface area contributed by atoms with E-state index in [0.29, 0.717) is 0 Å². The number of anilines is 3. The van der Waals surface area contributed by atoms with Gasteiger partial charge in [0.25, 0.3) is 0 Å². The highest BCUT2D eigenvalue weighted by atomic mass is 15.1. The average Bonchev–Trinajstić information content (AvgIpc) is 3.75. The van der Waals surface area contributed by atoms with Gasteiger partial charge < -0.3 is 9.47 Å². The fraction of sp³-hybridized carbons (Fsp3) is 0. The molecule has 0 saturated carbocycles. The summed E-state index contributed by atoms with van der Waals surface area (Å²) in [5.41, 5.74) is 16.4. The van der Waals surface area contributed by atoms with E-state index in [9.17, 15) is 0 Å². The summed E-state index contributed by atoms with van der Waals surface area (Å²) in [4.78, 5) is 13.8. The largest absolute Gasteiger partial charge is 0.310 e. The Bertz CT molecular complexity index is 4000. The first kappa shape index (κ1) is 39.3. The zero-order valence-electron chi connectivity index (χ0n) is 37.0. The van der Waals surface area contributed by atoms with Crippen LogP contribution < -0.4 is 4.90 Å². The molecule has 0 radical (unpaired) electrons. The van der Waals surface area contributed by atoms with Crippen LogP contribution in [0.2, 0.25) is 0 Å². The van der Waals surface area contributed by atoms with Gasteiger partial charge >= 0.3 is 0 Å². The number of para-hydroxylation sites is 3. The third-order valence-corrected chi connectivity index (χ3v) is 13.4. The molecule has 0 amide bonds. The molecule has 0 aliphatic heterocycles. The Morgan fingerprint density at radius 1 is 0.294 bits per heavy atom. The molecule has 2 aromatic heterocycles. The van der Waals surface area contributed by atoms with Crippen molar-refractivity contribution in [1.29, 1.82) is 0 Å². The molecule has 0 aliphatic rings. The van der Waals surface area contributed by atoms with Gasteiger partial charge in [-0.15, -0.1) is 0 Å². The molecule has 4 heteroatoms. The van der Waals surface area contributed by atoms with E-state index in [1.165, 1.54) is 43.4 Å². The van der Waals surface area contributed by atoms with E-state index in [4.69, 9.17) is 9.97 Å². The van der Waals surface area contributed by atoms with Crippen molar-refractivity contribution < 1.29 is 0 Å². The molecular formula is C64H42N4. The number of rotatable bonds is 8. The van der Waals surface area contributed by atoms with Gasteiger partial charge in [-0.1, -0.05) is 194 Å². The molecule has 0 fully saturated rings. The molecule has 0 bridgehead atoms. The van der Waals surface area contributed by atoms with Crippen LogP contribution in [-0.2, 0) is 0 Å². The van der Waals surface area contributed by atoms with Crippen LogP contribution >= 0.6 is 0 Å². The molecule has 0 unspecified atom stereocenters. The Morgan fingerprint density at radius 3 is 1.37 bits per heavy atom. The van der Waals surface area contributed by atoms with Gasteiger partial charge in [0.1, 0.15) is 0 Å². The Kier molecular flexibility index (Phi) is 9.47. The van der Waals surface area contributed by atoms with Crippen LogP contribution in [0.1, 0.15) is 0 Å². The Hall–Kier alpha value is -9.12. The van der Waals surface area contributed by atoms with Crippen molar-refractivity contribution in [3.8, 4) is 50.5 Å². The van der Waals surface area contributed by atoms with Crippen LogP contribution in [0.4, 0.5) is 17.1 Å². The van der Waals surface area contributed by atoms with Crippen molar-refractivity contribution in [3.63, 3.8) is 0 Å². The van der Waals surface area contributed by atoms with Gasteiger partial charge in [-0.3, -0.25) is 0 Å². The van der Waals surface area contributed by atoms with Crippen LogP contribution in [0, 0.1) is 0 Å². The molecule has 4 nitrogen and oxygen atoms in total. The highest BCUT2D eigenvalue weighted by Crippen LogP contribution is 2.44. The van der Waals surface area contributed by atoms with Gasteiger partial charge in [-0.25, -0.2) is 9.97 Å². The number of hydrogen-bond donors (Lipinski definition) is 0. The second-order valence-electron chi connectivity index (χ2n) is 17.3. The van der Waals surface area contributed by atoms with E-state index in [-0.39, 0.29) is 0 Å². The van der Waals surface area contributed by atoms with E-state index < -0.39 is 0 Å². The molecule has 0 spiro atoms. The minimum atomic E-state index is 0.827. The predicted octanol–water partition coefficient (Wildman–Crippen LogP) is 17.2. The van der Waals surface area contributed by atoms with Gasteiger partial charge in [-0.05, 0) is 93.3 Å². The lowest BCUT2D eigenvalue weighted by Crippen LogP contribution is -2.09. The highest BCUT2D eigenvalue weighted by molar-refractivity contribution is 6.12. The van der Waals surface area contributed by atoms with Crippen molar-refractivity contribution in [2.75, 3.05) is 4.90 Å². The van der Waals surface area contributed by atoms with Crippen molar-refractivity contribution in [2.45, 2.75) is 0 Å². The Morgan fingerprint density at radius 2 is 0.750 bits per heavy atom. The molecule has 0 N–H and O–H groups in total. The number of nitrogens with zero attached hydrogens (tertiary/aromatic N) is 4. The smallest absolute Gasteiger partial charge is 0.0979 e. The minimum absolute atomic E-state index is 0.827. The van der Waals surface area contributed by atoms with E-state index >= 15 is 0 Å². The molecule has 68 heavy (non-hydrogen) atoms. The summed E-state index contributed by atoms with van der Waals surface area (Å²) < 4.78 is 2.36. The quantitative estimate of drug-likeness (QED) is 0.153. The normalized spacial score (nSPS) is 11.5. The van der Waals surface area contributed by atoms with Crippen LogP contribution in [0.5, 0.6) is 0 Å². The molecule has 0 saturated heterocycles. The average molecular weight is 867 g/mol. The summed E-state index contributed by atoms with van der Waals surface area (Å²) in [6, 6.07) is 90.9. The number of aromatic nitrogens is 3. The predicted molar refractivity (Wildman–Crippen MR) is 285 cm³/mol. The third kappa shape index (κ3) is 6.61. The van der Waals surface area contributed by atoms with E-state index in [2.05, 4.69) is 264 Å². The lowest BCUT2D eigenvalue weighted by atomic mass is 9.91. The van der Waals surface area contributed by atoms with Gasteiger partial charge in [-0.2, -0.15) is 0 Å². The zero-order chi connectivity index (χ0) is 45.0. The number of fused-ring (bicyclic) bond motifs is 6. The van der Waals surface area contributed by atoms with E-state index in [0.717, 1.165) is 78.6 Å². The maximum atomic E-state index is 5.77. The summed E-state index contributed by atoms with van der Waals surface area (Å²) in [6.45, 7) is 0. The van der Waals surface area contributed by atoms with Crippen LogP contribution in [0.25, 0.3) is 105 Å². The van der Waals surface area contributed by atoms with Crippen LogP contribution in [0.3, 0.4) is 0 Å². The maximum absolute atomic E-state index is 5.77. The van der Waals surface area contributed by atoms with Crippen molar-refractivity contribution >= 4 is 71.4 Å². The highest BCUT2D eigenvalue weighted by Gasteiger charge is 2.22. The Balaban J connectivity index is 1.01. The minimum Gasteiger partial charge on any atom is -0.310 e. The second-order valence-corrected chi connectivity index (χ2v) is 17.3. The lowest BCUT2D eigenvalue weighted by molar-refractivity contribution is 1.18. The molecular weight excluding hydrogens is 825 g/mol. The van der Waals surface area contributed by atoms with Gasteiger partial charge in [0.05, 0.1) is 33.5 Å². The fourth-order valence-corrected chi connectivity index (χ4v) is 10.2. The first-order valence-corrected chi connectivity index (χ1v) is 23.2. The molecule has 13 rings (SSSR count). The van der Waals surface area contributed by atoms with Crippen LogP contribution in [0.15, 0.2) is 255 Å². The number of hydrogen-bond acceptors (Lipinski definition) is 3. The number of benzene rings is 11. The summed E-state index contributed by atoms with van der Waals surface area (Å²) in [5.74, 6) is 0. The molecule has 2 heterocycles. The molecule has 0 atom stereocenters. The maximum Gasteiger partial charge on any atom is 0.0979 e. The van der Waals surface area contributed by atoms with Crippen molar-refractivity contribution in [3.05, 3.63) is 255 Å². The monoisotopic (exact) mass is 866 g/mol. The SMILES string of the molecule is c1ccc(-c2nc3c(-c4cccc5ccccc45)ccc(-c4cccc5ccccc45)c3nc2-c2ccc(N(c3ccccc3)c3ccc4c(c3)c3ccccc3n4-c3ccccc3)cc2)cc1. The summed E-state index contributed by atoms with van der Waals surface area (Å²) in [5, 5.41) is 7.14. The fourth-order valence-electron chi connectivity index (χ4n) is 10.2. The second kappa shape index (κ2) is 16.4. The summed E-state index contributed by atoms with van der Waals surface area (Å²) in [7, 11) is 0. The van der Waals surface area contributed by atoms with Crippen molar-refractivity contribution in [2.24, 2.45) is 0 Å². The summed E-state index contributed by atoms with van der Waals surface area (Å²) >= 11 is 0. The topological polar surface area (TPSA) is 34.0 Å². The lowest BCUT2D eigenvalue weighted by Gasteiger charge is -2.26. The molecule has 11 aromatic carbocycles. The third-order valence-electron chi connectivity index (χ3n) is 13.4. The van der Waals surface area contributed by atoms with Gasteiger partial charge in [0, 0.05) is 55.8 Å². The first-order chi connectivity index (χ1) is 33.7. The van der Waals surface area contributed by atoms with Gasteiger partial charge in [0.15, 0.2) is 0 Å². The molecule has 318 valence electrons. The zero-order valence-corrected chi connectivity index (χ0v) is 37.0. The van der Waals surface area contributed by atoms with Crippen LogP contribution in [-0.4, -0.2) is 14.5 Å². The van der Waals surface area contributed by atoms with E-state index in [1.54, 1.807) is 0 Å². The standard InChI is InChI=1S/C64H42N4/c1-4-20-45(21-5-1)61-62(66-64-57(54-32-17-23-44-19-11-13-29-52(44)54)40-39-56(63(64)65-61)53-31-16-22-43-18-10-12-28-51(43)53)46-34-36-49(37-35-46)67(47-24-6-2-7-25-47)50-38-41-60-58(42-50)55-30-14-15-33-59(55)68(60)48-26-8-3-9-27-48/h1-42H. The summed E-state index contributed by atoms with van der Waals surface area (Å²) in [6.07, 6.45) is 0. The molecule has 13 aromatic rings.